The van der Waals surface area contributed by atoms with Gasteiger partial charge in [-0.15, -0.1) is 0 Å². The number of nitrogens with zero attached hydrogens (tertiary/aromatic N) is 3. The number of hydrogen-bond donors (Lipinski definition) is 3. The van der Waals surface area contributed by atoms with E-state index in [0.29, 0.717) is 35.0 Å². The van der Waals surface area contributed by atoms with Crippen molar-refractivity contribution in [2.24, 2.45) is 4.99 Å². The van der Waals surface area contributed by atoms with Crippen molar-refractivity contribution in [3.05, 3.63) is 93.9 Å². The Morgan fingerprint density at radius 3 is 1.82 bits per heavy atom. The maximum Gasteiger partial charge on any atom is 0.235 e. The summed E-state index contributed by atoms with van der Waals surface area (Å²) in [5.41, 5.74) is 7.52. The second-order valence-corrected chi connectivity index (χ2v) is 8.33. The largest absolute Gasteiger partial charge is 0.438 e. The van der Waals surface area contributed by atoms with Crippen LogP contribution >= 0.6 is 31.9 Å². The summed E-state index contributed by atoms with van der Waals surface area (Å²) in [4.78, 5) is 12.4. The van der Waals surface area contributed by atoms with E-state index in [-0.39, 0.29) is 0 Å². The molecule has 8 nitrogen and oxygen atoms in total. The number of benzene rings is 2. The highest BCUT2D eigenvalue weighted by Gasteiger charge is 2.06. The summed E-state index contributed by atoms with van der Waals surface area (Å²) in [6.45, 7) is 1.63. The van der Waals surface area contributed by atoms with Gasteiger partial charge in [0.25, 0.3) is 0 Å². The molecular weight excluding hydrogens is 566 g/mol. The molecule has 2 heterocycles. The lowest BCUT2D eigenvalue weighted by Crippen LogP contribution is -2.13. The van der Waals surface area contributed by atoms with E-state index in [2.05, 4.69) is 46.8 Å². The summed E-state index contributed by atoms with van der Waals surface area (Å²) in [5.74, 6) is 3.53. The van der Waals surface area contributed by atoms with Crippen molar-refractivity contribution in [1.29, 1.82) is 0 Å². The summed E-state index contributed by atoms with van der Waals surface area (Å²) < 4.78 is 12.7. The average Bonchev–Trinajstić information content (AvgIpc) is 2.85. The van der Waals surface area contributed by atoms with Gasteiger partial charge in [0, 0.05) is 0 Å². The highest BCUT2D eigenvalue weighted by molar-refractivity contribution is 9.10. The van der Waals surface area contributed by atoms with Gasteiger partial charge in [0.05, 0.1) is 8.95 Å². The number of hydroxylamine groups is 1. The van der Waals surface area contributed by atoms with E-state index in [1.54, 1.807) is 31.2 Å². The van der Waals surface area contributed by atoms with Crippen molar-refractivity contribution in [3.63, 3.8) is 0 Å². The number of anilines is 1. The van der Waals surface area contributed by atoms with Crippen molar-refractivity contribution >= 4 is 49.3 Å². The van der Waals surface area contributed by atoms with Gasteiger partial charge in [-0.05, 0) is 87.3 Å². The molecule has 0 saturated carbocycles. The molecule has 0 aliphatic carbocycles. The first-order valence-corrected chi connectivity index (χ1v) is 11.5. The van der Waals surface area contributed by atoms with Crippen molar-refractivity contribution in [2.45, 2.75) is 6.92 Å². The molecular formula is C24H21Br2N5O3. The molecule has 0 fully saturated rings. The van der Waals surface area contributed by atoms with E-state index in [1.165, 1.54) is 0 Å². The van der Waals surface area contributed by atoms with Crippen LogP contribution in [0.3, 0.4) is 0 Å². The van der Waals surface area contributed by atoms with Crippen molar-refractivity contribution < 1.29 is 14.7 Å². The molecule has 2 aromatic heterocycles. The number of hydrogen-bond acceptors (Lipinski definition) is 7. The third kappa shape index (κ3) is 7.84. The number of nitrogens with one attached hydrogen (secondary N) is 1. The maximum atomic E-state index is 8.71. The molecule has 0 aliphatic heterocycles. The molecule has 0 unspecified atom stereocenters. The molecule has 0 spiro atoms. The zero-order valence-electron chi connectivity index (χ0n) is 18.0. The van der Waals surface area contributed by atoms with Crippen LogP contribution in [-0.2, 0) is 0 Å². The van der Waals surface area contributed by atoms with Crippen LogP contribution in [0.1, 0.15) is 6.92 Å². The molecule has 2 aromatic carbocycles. The number of amidine groups is 1. The standard InChI is InChI=1S/C13H12BrN3O2.C11H9BrN2O/c1-9(17-18)15-12-8-7-11(14)13(16-12)19-10-5-3-2-4-6-10;12-9-6-7-10(13)14-11(9)15-8-4-2-1-3-5-8/h2-8,18H,1H3,(H,15,16,17);1-7H,(H2,13,14). The van der Waals surface area contributed by atoms with Crippen LogP contribution in [0.5, 0.6) is 23.3 Å². The fraction of sp³-hybridized carbons (Fsp3) is 0.0417. The second-order valence-electron chi connectivity index (χ2n) is 6.62. The van der Waals surface area contributed by atoms with Gasteiger partial charge < -0.3 is 15.2 Å². The zero-order chi connectivity index (χ0) is 24.3. The fourth-order valence-electron chi connectivity index (χ4n) is 2.45. The third-order valence-corrected chi connectivity index (χ3v) is 5.20. The Hall–Kier alpha value is -3.47. The number of nitrogens with two attached hydrogens (primary N) is 1. The minimum Gasteiger partial charge on any atom is -0.438 e. The normalized spacial score (nSPS) is 10.6. The Morgan fingerprint density at radius 1 is 0.794 bits per heavy atom. The van der Waals surface area contributed by atoms with Gasteiger partial charge >= 0.3 is 0 Å². The minimum atomic E-state index is 0.348. The monoisotopic (exact) mass is 585 g/mol. The average molecular weight is 587 g/mol. The zero-order valence-corrected chi connectivity index (χ0v) is 21.2. The van der Waals surface area contributed by atoms with Gasteiger partial charge in [-0.3, -0.25) is 10.7 Å². The number of halogens is 2. The van der Waals surface area contributed by atoms with Crippen LogP contribution in [0, 0.1) is 0 Å². The molecule has 10 heteroatoms. The van der Waals surface area contributed by atoms with E-state index in [9.17, 15) is 0 Å². The van der Waals surface area contributed by atoms with Crippen LogP contribution in [0.4, 0.5) is 11.6 Å². The lowest BCUT2D eigenvalue weighted by molar-refractivity contribution is 0.234. The van der Waals surface area contributed by atoms with Gasteiger partial charge in [-0.25, -0.2) is 4.99 Å². The Morgan fingerprint density at radius 2 is 1.29 bits per heavy atom. The van der Waals surface area contributed by atoms with Crippen molar-refractivity contribution in [3.8, 4) is 23.3 Å². The molecule has 0 amide bonds. The second kappa shape index (κ2) is 12.7. The topological polar surface area (TPSA) is 115 Å². The van der Waals surface area contributed by atoms with E-state index in [0.717, 1.165) is 14.7 Å². The van der Waals surface area contributed by atoms with Gasteiger partial charge in [0.2, 0.25) is 11.8 Å². The van der Waals surface area contributed by atoms with Crippen LogP contribution in [0.15, 0.2) is 98.9 Å². The molecule has 0 saturated heterocycles. The molecule has 34 heavy (non-hydrogen) atoms. The Kier molecular flexibility index (Phi) is 9.39. The quantitative estimate of drug-likeness (QED) is 0.132. The summed E-state index contributed by atoms with van der Waals surface area (Å²) in [5, 5.41) is 8.71. The number of para-hydroxylation sites is 2. The van der Waals surface area contributed by atoms with Gasteiger partial charge in [0.15, 0.2) is 5.82 Å². The number of nitrogen functional groups attached to an aromatic ring is 1. The molecule has 0 radical (unpaired) electrons. The van der Waals surface area contributed by atoms with Crippen LogP contribution in [0.25, 0.3) is 0 Å². The van der Waals surface area contributed by atoms with E-state index in [1.807, 2.05) is 66.1 Å². The summed E-state index contributed by atoms with van der Waals surface area (Å²) >= 11 is 6.72. The first kappa shape index (κ1) is 25.2. The third-order valence-electron chi connectivity index (χ3n) is 3.99. The van der Waals surface area contributed by atoms with E-state index in [4.69, 9.17) is 20.4 Å². The minimum absolute atomic E-state index is 0.348. The lowest BCUT2D eigenvalue weighted by atomic mass is 10.3. The fourth-order valence-corrected chi connectivity index (χ4v) is 3.06. The van der Waals surface area contributed by atoms with Crippen LogP contribution < -0.4 is 20.7 Å². The molecule has 0 atom stereocenters. The van der Waals surface area contributed by atoms with Crippen molar-refractivity contribution in [2.75, 3.05) is 5.73 Å². The first-order chi connectivity index (χ1) is 16.4. The van der Waals surface area contributed by atoms with Gasteiger partial charge in [-0.2, -0.15) is 9.97 Å². The SMILES string of the molecule is CC(=Nc1ccc(Br)c(Oc2ccccc2)n1)NO.Nc1ccc(Br)c(Oc2ccccc2)n1. The van der Waals surface area contributed by atoms with E-state index >= 15 is 0 Å². The molecule has 4 N–H and O–H groups in total. The van der Waals surface area contributed by atoms with Crippen LogP contribution in [0.2, 0.25) is 0 Å². The molecule has 4 aromatic rings. The summed E-state index contributed by atoms with van der Waals surface area (Å²) in [7, 11) is 0. The smallest absolute Gasteiger partial charge is 0.235 e. The van der Waals surface area contributed by atoms with Crippen LogP contribution in [-0.4, -0.2) is 21.0 Å². The first-order valence-electron chi connectivity index (χ1n) is 9.94. The summed E-state index contributed by atoms with van der Waals surface area (Å²) in [6.07, 6.45) is 0. The predicted octanol–water partition coefficient (Wildman–Crippen LogP) is 6.88. The lowest BCUT2D eigenvalue weighted by Gasteiger charge is -2.07. The number of aliphatic imine (C=N–C) groups is 1. The maximum absolute atomic E-state index is 8.71. The van der Waals surface area contributed by atoms with E-state index < -0.39 is 0 Å². The Balaban J connectivity index is 0.000000196. The number of pyridine rings is 2. The Bertz CT molecular complexity index is 1240. The molecule has 0 aliphatic rings. The number of ether oxygens (including phenoxy) is 2. The molecule has 174 valence electrons. The molecule has 4 rings (SSSR count). The predicted molar refractivity (Wildman–Crippen MR) is 139 cm³/mol. The molecule has 0 bridgehead atoms. The number of aromatic nitrogens is 2. The Labute approximate surface area is 213 Å². The van der Waals surface area contributed by atoms with Gasteiger partial charge in [0.1, 0.15) is 23.2 Å². The summed E-state index contributed by atoms with van der Waals surface area (Å²) in [6, 6.07) is 25.8. The van der Waals surface area contributed by atoms with Gasteiger partial charge in [-0.1, -0.05) is 36.4 Å². The highest BCUT2D eigenvalue weighted by atomic mass is 79.9. The van der Waals surface area contributed by atoms with Crippen molar-refractivity contribution in [1.82, 2.24) is 15.4 Å². The highest BCUT2D eigenvalue weighted by Crippen LogP contribution is 2.30. The number of rotatable bonds is 5.